The Balaban J connectivity index is 2.43. The molecule has 0 saturated carbocycles. The third kappa shape index (κ3) is 2.99. The van der Waals surface area contributed by atoms with E-state index in [1.54, 1.807) is 0 Å². The van der Waals surface area contributed by atoms with Gasteiger partial charge in [-0.2, -0.15) is 4.31 Å². The molecule has 0 aliphatic carbocycles. The molecule has 112 valence electrons. The van der Waals surface area contributed by atoms with Crippen LogP contribution in [0.25, 0.3) is 0 Å². The van der Waals surface area contributed by atoms with E-state index < -0.39 is 15.8 Å². The molecule has 0 amide bonds. The molecule has 1 aromatic carbocycles. The van der Waals surface area contributed by atoms with E-state index in [1.165, 1.54) is 10.4 Å². The van der Waals surface area contributed by atoms with Crippen molar-refractivity contribution in [1.82, 2.24) is 4.31 Å². The van der Waals surface area contributed by atoms with Crippen molar-refractivity contribution in [1.29, 1.82) is 0 Å². The van der Waals surface area contributed by atoms with Crippen LogP contribution in [0.4, 0.5) is 10.1 Å². The van der Waals surface area contributed by atoms with Crippen molar-refractivity contribution in [3.05, 3.63) is 22.4 Å². The van der Waals surface area contributed by atoms with Gasteiger partial charge in [0.2, 0.25) is 10.0 Å². The Morgan fingerprint density at radius 2 is 2.05 bits per heavy atom. The molecule has 2 rings (SSSR count). The molecule has 7 heteroatoms. The van der Waals surface area contributed by atoms with Gasteiger partial charge in [0.25, 0.3) is 0 Å². The first-order valence-corrected chi connectivity index (χ1v) is 8.61. The van der Waals surface area contributed by atoms with E-state index in [2.05, 4.69) is 15.9 Å². The van der Waals surface area contributed by atoms with Gasteiger partial charge < -0.3 is 5.73 Å². The normalized spacial score (nSPS) is 20.0. The topological polar surface area (TPSA) is 63.4 Å². The van der Waals surface area contributed by atoms with E-state index in [9.17, 15) is 12.8 Å². The van der Waals surface area contributed by atoms with Crippen molar-refractivity contribution in [2.24, 2.45) is 5.41 Å². The lowest BCUT2D eigenvalue weighted by Gasteiger charge is -2.37. The highest BCUT2D eigenvalue weighted by atomic mass is 79.9. The quantitative estimate of drug-likeness (QED) is 0.820. The Morgan fingerprint density at radius 1 is 1.40 bits per heavy atom. The smallest absolute Gasteiger partial charge is 0.244 e. The van der Waals surface area contributed by atoms with E-state index in [4.69, 9.17) is 5.73 Å². The Kier molecular flexibility index (Phi) is 4.15. The second kappa shape index (κ2) is 5.27. The van der Waals surface area contributed by atoms with Crippen molar-refractivity contribution >= 4 is 31.6 Å². The fourth-order valence-corrected chi connectivity index (χ4v) is 5.13. The van der Waals surface area contributed by atoms with Crippen molar-refractivity contribution in [2.45, 2.75) is 31.6 Å². The SMILES string of the molecule is CC1(C)CCCN(S(=O)(=O)c2cc(N)c(F)cc2Br)C1. The molecule has 0 radical (unpaired) electrons. The predicted molar refractivity (Wildman–Crippen MR) is 80.3 cm³/mol. The first kappa shape index (κ1) is 15.7. The summed E-state index contributed by atoms with van der Waals surface area (Å²) < 4.78 is 40.4. The first-order chi connectivity index (χ1) is 9.13. The number of sulfonamides is 1. The van der Waals surface area contributed by atoms with E-state index in [0.717, 1.165) is 18.9 Å². The number of anilines is 1. The average Bonchev–Trinajstić information content (AvgIpc) is 2.32. The highest BCUT2D eigenvalue weighted by Crippen LogP contribution is 2.34. The summed E-state index contributed by atoms with van der Waals surface area (Å²) in [5.74, 6) is -0.630. The Morgan fingerprint density at radius 3 is 2.65 bits per heavy atom. The van der Waals surface area contributed by atoms with Crippen LogP contribution in [0.5, 0.6) is 0 Å². The fraction of sp³-hybridized carbons (Fsp3) is 0.538. The van der Waals surface area contributed by atoms with Gasteiger partial charge in [-0.3, -0.25) is 0 Å². The van der Waals surface area contributed by atoms with Crippen molar-refractivity contribution in [3.63, 3.8) is 0 Å². The van der Waals surface area contributed by atoms with E-state index in [1.807, 2.05) is 13.8 Å². The average molecular weight is 365 g/mol. The van der Waals surface area contributed by atoms with E-state index >= 15 is 0 Å². The van der Waals surface area contributed by atoms with Crippen LogP contribution in [-0.2, 0) is 10.0 Å². The molecule has 0 bridgehead atoms. The molecule has 20 heavy (non-hydrogen) atoms. The summed E-state index contributed by atoms with van der Waals surface area (Å²) >= 11 is 3.11. The molecule has 0 atom stereocenters. The van der Waals surface area contributed by atoms with Crippen molar-refractivity contribution < 1.29 is 12.8 Å². The van der Waals surface area contributed by atoms with Crippen LogP contribution in [0.2, 0.25) is 0 Å². The minimum Gasteiger partial charge on any atom is -0.396 e. The number of halogens is 2. The summed E-state index contributed by atoms with van der Waals surface area (Å²) in [5, 5.41) is 0. The van der Waals surface area contributed by atoms with Crippen LogP contribution in [0, 0.1) is 11.2 Å². The first-order valence-electron chi connectivity index (χ1n) is 6.38. The molecule has 1 saturated heterocycles. The van der Waals surface area contributed by atoms with Crippen LogP contribution in [0.1, 0.15) is 26.7 Å². The molecule has 0 aromatic heterocycles. The lowest BCUT2D eigenvalue weighted by Crippen LogP contribution is -2.43. The summed E-state index contributed by atoms with van der Waals surface area (Å²) in [6.45, 7) is 5.03. The Bertz CT molecular complexity index is 632. The predicted octanol–water partition coefficient (Wildman–Crippen LogP) is 2.98. The second-order valence-corrected chi connectivity index (χ2v) is 8.67. The molecule has 1 aliphatic rings. The summed E-state index contributed by atoms with van der Waals surface area (Å²) in [6, 6.07) is 2.27. The van der Waals surface area contributed by atoms with Crippen LogP contribution in [0.3, 0.4) is 0 Å². The summed E-state index contributed by atoms with van der Waals surface area (Å²) in [7, 11) is -3.66. The fourth-order valence-electron chi connectivity index (χ4n) is 2.46. The van der Waals surface area contributed by atoms with E-state index in [-0.39, 0.29) is 20.5 Å². The summed E-state index contributed by atoms with van der Waals surface area (Å²) in [6.07, 6.45) is 1.81. The van der Waals surface area contributed by atoms with Gasteiger partial charge in [-0.15, -0.1) is 0 Å². The molecule has 1 aromatic rings. The monoisotopic (exact) mass is 364 g/mol. The second-order valence-electron chi connectivity index (χ2n) is 5.91. The maximum Gasteiger partial charge on any atom is 0.244 e. The maximum absolute atomic E-state index is 13.3. The lowest BCUT2D eigenvalue weighted by atomic mass is 9.85. The van der Waals surface area contributed by atoms with Gasteiger partial charge in [-0.25, -0.2) is 12.8 Å². The zero-order valence-electron chi connectivity index (χ0n) is 11.5. The van der Waals surface area contributed by atoms with Crippen molar-refractivity contribution in [3.8, 4) is 0 Å². The number of nitrogens with two attached hydrogens (primary N) is 1. The molecule has 1 heterocycles. The third-order valence-electron chi connectivity index (χ3n) is 3.53. The summed E-state index contributed by atoms with van der Waals surface area (Å²) in [5.41, 5.74) is 5.27. The van der Waals surface area contributed by atoms with E-state index in [0.29, 0.717) is 13.1 Å². The minimum atomic E-state index is -3.66. The number of benzene rings is 1. The molecule has 2 N–H and O–H groups in total. The summed E-state index contributed by atoms with van der Waals surface area (Å²) in [4.78, 5) is 0.0223. The number of rotatable bonds is 2. The highest BCUT2D eigenvalue weighted by Gasteiger charge is 2.35. The maximum atomic E-state index is 13.3. The standard InChI is InChI=1S/C13H18BrFN2O2S/c1-13(2)4-3-5-17(8-13)20(18,19)12-7-11(16)10(15)6-9(12)14/h6-7H,3-5,8,16H2,1-2H3. The van der Waals surface area contributed by atoms with Gasteiger partial charge in [-0.05, 0) is 46.3 Å². The minimum absolute atomic E-state index is 0.0223. The molecule has 4 nitrogen and oxygen atoms in total. The highest BCUT2D eigenvalue weighted by molar-refractivity contribution is 9.10. The van der Waals surface area contributed by atoms with Crippen LogP contribution in [0.15, 0.2) is 21.5 Å². The van der Waals surface area contributed by atoms with Gasteiger partial charge in [-0.1, -0.05) is 13.8 Å². The molecular weight excluding hydrogens is 347 g/mol. The van der Waals surface area contributed by atoms with Gasteiger partial charge in [0, 0.05) is 17.6 Å². The molecule has 1 fully saturated rings. The Hall–Kier alpha value is -0.660. The van der Waals surface area contributed by atoms with Gasteiger partial charge >= 0.3 is 0 Å². The van der Waals surface area contributed by atoms with Gasteiger partial charge in [0.05, 0.1) is 10.6 Å². The van der Waals surface area contributed by atoms with Crippen molar-refractivity contribution in [2.75, 3.05) is 18.8 Å². The number of hydrogen-bond donors (Lipinski definition) is 1. The largest absolute Gasteiger partial charge is 0.396 e. The molecule has 0 unspecified atom stereocenters. The Labute approximate surface area is 127 Å². The number of nitrogens with zero attached hydrogens (tertiary/aromatic N) is 1. The lowest BCUT2D eigenvalue weighted by molar-refractivity contribution is 0.187. The number of hydrogen-bond acceptors (Lipinski definition) is 3. The molecule has 1 aliphatic heterocycles. The van der Waals surface area contributed by atoms with Crippen LogP contribution >= 0.6 is 15.9 Å². The van der Waals surface area contributed by atoms with Gasteiger partial charge in [0.1, 0.15) is 5.82 Å². The zero-order chi connectivity index (χ0) is 15.1. The molecular formula is C13H18BrFN2O2S. The van der Waals surface area contributed by atoms with Gasteiger partial charge in [0.15, 0.2) is 0 Å². The number of nitrogen functional groups attached to an aromatic ring is 1. The van der Waals surface area contributed by atoms with Crippen LogP contribution in [-0.4, -0.2) is 25.8 Å². The zero-order valence-corrected chi connectivity index (χ0v) is 13.9. The van der Waals surface area contributed by atoms with Crippen LogP contribution < -0.4 is 5.73 Å². The number of piperidine rings is 1. The third-order valence-corrected chi connectivity index (χ3v) is 6.34. The molecule has 0 spiro atoms.